The van der Waals surface area contributed by atoms with Crippen LogP contribution in [0.25, 0.3) is 0 Å². The summed E-state index contributed by atoms with van der Waals surface area (Å²) >= 11 is 9.54. The van der Waals surface area contributed by atoms with Crippen LogP contribution in [0.3, 0.4) is 0 Å². The second-order valence-corrected chi connectivity index (χ2v) is 9.64. The topological polar surface area (TPSA) is 0 Å². The van der Waals surface area contributed by atoms with Crippen LogP contribution in [0.15, 0.2) is 9.85 Å². The molecule has 0 saturated heterocycles. The molecule has 0 aromatic carbocycles. The van der Waals surface area contributed by atoms with Crippen LogP contribution in [-0.2, 0) is 0 Å². The van der Waals surface area contributed by atoms with Crippen LogP contribution < -0.4 is 0 Å². The molecule has 1 fully saturated rings. The number of aryl methyl sites for hydroxylation is 1. The summed E-state index contributed by atoms with van der Waals surface area (Å²) in [6, 6.07) is 2.32. The van der Waals surface area contributed by atoms with Gasteiger partial charge in [-0.05, 0) is 65.1 Å². The predicted octanol–water partition coefficient (Wildman–Crippen LogP) is 6.86. The average molecular weight is 394 g/mol. The van der Waals surface area contributed by atoms with E-state index in [1.807, 2.05) is 11.3 Å². The fourth-order valence-electron chi connectivity index (χ4n) is 3.49. The summed E-state index contributed by atoms with van der Waals surface area (Å²) in [5.41, 5.74) is 1.99. The highest BCUT2D eigenvalue weighted by Gasteiger charge is 2.41. The minimum absolute atomic E-state index is 0.486. The van der Waals surface area contributed by atoms with Gasteiger partial charge < -0.3 is 0 Å². The molecular formula is C15H22Br2S. The molecule has 1 saturated carbocycles. The van der Waals surface area contributed by atoms with Gasteiger partial charge in [-0.3, -0.25) is 0 Å². The lowest BCUT2D eigenvalue weighted by atomic mass is 9.74. The van der Waals surface area contributed by atoms with E-state index < -0.39 is 0 Å². The van der Waals surface area contributed by atoms with Crippen molar-refractivity contribution in [1.29, 1.82) is 0 Å². The summed E-state index contributed by atoms with van der Waals surface area (Å²) < 4.78 is 1.26. The quantitative estimate of drug-likeness (QED) is 0.490. The molecule has 1 atom stereocenters. The molecule has 102 valence electrons. The Bertz CT molecular complexity index is 403. The minimum atomic E-state index is 0.486. The van der Waals surface area contributed by atoms with Crippen molar-refractivity contribution in [3.05, 3.63) is 20.3 Å². The molecule has 1 aliphatic rings. The van der Waals surface area contributed by atoms with Gasteiger partial charge in [0, 0.05) is 9.70 Å². The van der Waals surface area contributed by atoms with E-state index in [1.54, 1.807) is 0 Å². The summed E-state index contributed by atoms with van der Waals surface area (Å²) in [7, 11) is 0. The van der Waals surface area contributed by atoms with Crippen LogP contribution in [0, 0.1) is 18.3 Å². The van der Waals surface area contributed by atoms with Crippen LogP contribution in [-0.4, -0.2) is 0 Å². The normalized spacial score (nSPS) is 20.6. The Labute approximate surface area is 132 Å². The van der Waals surface area contributed by atoms with E-state index in [0.717, 1.165) is 5.92 Å². The summed E-state index contributed by atoms with van der Waals surface area (Å²) in [4.78, 5) is 1.98. The second kappa shape index (κ2) is 5.97. The minimum Gasteiger partial charge on any atom is -0.133 e. The maximum atomic E-state index is 4.05. The zero-order valence-corrected chi connectivity index (χ0v) is 15.4. The largest absolute Gasteiger partial charge is 0.133 e. The lowest BCUT2D eigenvalue weighted by molar-refractivity contribution is 0.230. The highest BCUT2D eigenvalue weighted by Crippen LogP contribution is 2.56. The van der Waals surface area contributed by atoms with E-state index in [2.05, 4.69) is 58.7 Å². The van der Waals surface area contributed by atoms with Crippen LogP contribution in [0.5, 0.6) is 0 Å². The van der Waals surface area contributed by atoms with Crippen molar-refractivity contribution in [1.82, 2.24) is 0 Å². The first-order valence-corrected chi connectivity index (χ1v) is 9.37. The van der Waals surface area contributed by atoms with Crippen molar-refractivity contribution in [2.45, 2.75) is 57.7 Å². The molecule has 1 unspecified atom stereocenters. The highest BCUT2D eigenvalue weighted by molar-refractivity contribution is 9.11. The molecule has 0 aliphatic heterocycles. The van der Waals surface area contributed by atoms with Crippen molar-refractivity contribution >= 4 is 43.2 Å². The Morgan fingerprint density at radius 2 is 1.94 bits per heavy atom. The van der Waals surface area contributed by atoms with Crippen molar-refractivity contribution in [2.24, 2.45) is 11.3 Å². The van der Waals surface area contributed by atoms with E-state index in [9.17, 15) is 0 Å². The Hall–Kier alpha value is 0.660. The van der Waals surface area contributed by atoms with Crippen molar-refractivity contribution < 1.29 is 0 Å². The van der Waals surface area contributed by atoms with Crippen molar-refractivity contribution in [3.63, 3.8) is 0 Å². The maximum Gasteiger partial charge on any atom is 0.0704 e. The first-order chi connectivity index (χ1) is 8.44. The van der Waals surface area contributed by atoms with E-state index in [4.69, 9.17) is 0 Å². The Kier molecular flexibility index (Phi) is 4.99. The summed E-state index contributed by atoms with van der Waals surface area (Å²) in [5, 5.41) is 0. The van der Waals surface area contributed by atoms with E-state index in [1.165, 1.54) is 46.3 Å². The third-order valence-corrected chi connectivity index (χ3v) is 7.18. The lowest BCUT2D eigenvalue weighted by Gasteiger charge is -2.36. The Morgan fingerprint density at radius 1 is 1.33 bits per heavy atom. The van der Waals surface area contributed by atoms with Gasteiger partial charge in [-0.2, -0.15) is 0 Å². The van der Waals surface area contributed by atoms with Crippen LogP contribution in [0.2, 0.25) is 0 Å². The molecule has 0 amide bonds. The van der Waals surface area contributed by atoms with Gasteiger partial charge in [-0.1, -0.05) is 42.6 Å². The fraction of sp³-hybridized carbons (Fsp3) is 0.733. The maximum absolute atomic E-state index is 4.05. The molecule has 0 bridgehead atoms. The number of hydrogen-bond donors (Lipinski definition) is 0. The molecule has 1 aliphatic carbocycles. The van der Waals surface area contributed by atoms with Gasteiger partial charge >= 0.3 is 0 Å². The third kappa shape index (κ3) is 3.04. The van der Waals surface area contributed by atoms with Crippen molar-refractivity contribution in [2.75, 3.05) is 0 Å². The number of alkyl halides is 1. The predicted molar refractivity (Wildman–Crippen MR) is 88.8 cm³/mol. The molecule has 0 spiro atoms. The zero-order valence-electron chi connectivity index (χ0n) is 11.4. The highest BCUT2D eigenvalue weighted by atomic mass is 79.9. The van der Waals surface area contributed by atoms with E-state index in [-0.39, 0.29) is 0 Å². The fourth-order valence-corrected chi connectivity index (χ4v) is 6.51. The molecule has 0 radical (unpaired) electrons. The summed E-state index contributed by atoms with van der Waals surface area (Å²) in [6.45, 7) is 6.96. The number of hydrogen-bond acceptors (Lipinski definition) is 1. The molecule has 1 heterocycles. The van der Waals surface area contributed by atoms with Gasteiger partial charge in [-0.25, -0.2) is 0 Å². The second-order valence-electron chi connectivity index (χ2n) is 6.09. The first kappa shape index (κ1) is 15.1. The molecule has 1 aromatic heterocycles. The molecule has 1 aromatic rings. The van der Waals surface area contributed by atoms with Crippen LogP contribution >= 0.6 is 43.2 Å². The molecule has 2 rings (SSSR count). The van der Waals surface area contributed by atoms with Gasteiger partial charge in [0.1, 0.15) is 0 Å². The molecule has 0 nitrogen and oxygen atoms in total. The monoisotopic (exact) mass is 392 g/mol. The molecule has 0 N–H and O–H groups in total. The van der Waals surface area contributed by atoms with Gasteiger partial charge in [0.2, 0.25) is 0 Å². The number of halogens is 2. The Balaban J connectivity index is 2.28. The van der Waals surface area contributed by atoms with Crippen LogP contribution in [0.1, 0.15) is 61.2 Å². The smallest absolute Gasteiger partial charge is 0.0704 e. The van der Waals surface area contributed by atoms with Gasteiger partial charge in [0.25, 0.3) is 0 Å². The SMILES string of the molecule is Cc1sc(Br)cc1C(Br)C1(CC(C)C)CCCC1. The summed E-state index contributed by atoms with van der Waals surface area (Å²) in [6.07, 6.45) is 6.91. The average Bonchev–Trinajstić information content (AvgIpc) is 2.84. The Morgan fingerprint density at radius 3 is 2.39 bits per heavy atom. The standard InChI is InChI=1S/C15H22Br2S/c1-10(2)9-15(6-4-5-7-15)14(17)12-8-13(16)18-11(12)3/h8,10,14H,4-7,9H2,1-3H3. The third-order valence-electron chi connectivity index (χ3n) is 4.15. The van der Waals surface area contributed by atoms with Crippen molar-refractivity contribution in [3.8, 4) is 0 Å². The van der Waals surface area contributed by atoms with Gasteiger partial charge in [0.05, 0.1) is 3.79 Å². The molecule has 18 heavy (non-hydrogen) atoms. The van der Waals surface area contributed by atoms with E-state index >= 15 is 0 Å². The lowest BCUT2D eigenvalue weighted by Crippen LogP contribution is -2.24. The molecule has 3 heteroatoms. The first-order valence-electron chi connectivity index (χ1n) is 6.84. The number of thiophene rings is 1. The van der Waals surface area contributed by atoms with Gasteiger partial charge in [-0.15, -0.1) is 11.3 Å². The van der Waals surface area contributed by atoms with Crippen LogP contribution in [0.4, 0.5) is 0 Å². The van der Waals surface area contributed by atoms with Gasteiger partial charge in [0.15, 0.2) is 0 Å². The summed E-state index contributed by atoms with van der Waals surface area (Å²) in [5.74, 6) is 0.783. The molecular weight excluding hydrogens is 372 g/mol. The zero-order chi connectivity index (χ0) is 13.3. The number of rotatable bonds is 4. The van der Waals surface area contributed by atoms with E-state index in [0.29, 0.717) is 10.2 Å².